The summed E-state index contributed by atoms with van der Waals surface area (Å²) < 4.78 is 33.9. The average molecular weight is 347 g/mol. The lowest BCUT2D eigenvalue weighted by atomic mass is 10.0. The van der Waals surface area contributed by atoms with Crippen LogP contribution in [-0.2, 0) is 10.0 Å². The van der Waals surface area contributed by atoms with E-state index in [9.17, 15) is 8.42 Å². The highest BCUT2D eigenvalue weighted by Gasteiger charge is 2.24. The summed E-state index contributed by atoms with van der Waals surface area (Å²) in [4.78, 5) is 0.299. The van der Waals surface area contributed by atoms with Gasteiger partial charge in [-0.25, -0.2) is 13.1 Å². The molecule has 0 saturated heterocycles. The zero-order valence-electron chi connectivity index (χ0n) is 14.9. The summed E-state index contributed by atoms with van der Waals surface area (Å²) in [7, 11) is -2.04. The summed E-state index contributed by atoms with van der Waals surface area (Å²) >= 11 is 0. The van der Waals surface area contributed by atoms with Crippen LogP contribution < -0.4 is 9.46 Å². The number of nitrogens with one attached hydrogen (secondary N) is 1. The second-order valence-corrected chi connectivity index (χ2v) is 7.64. The first kappa shape index (κ1) is 18.5. The molecular weight excluding hydrogens is 322 g/mol. The Bertz CT molecular complexity index is 829. The number of sulfonamides is 1. The van der Waals surface area contributed by atoms with Crippen LogP contribution in [0.3, 0.4) is 0 Å². The first-order chi connectivity index (χ1) is 11.3. The fraction of sp³-hybridized carbons (Fsp3) is 0.368. The minimum Gasteiger partial charge on any atom is -0.496 e. The molecule has 1 N–H and O–H groups in total. The Hall–Kier alpha value is -1.85. The molecule has 2 aromatic carbocycles. The van der Waals surface area contributed by atoms with Gasteiger partial charge in [0.1, 0.15) is 5.75 Å². The average Bonchev–Trinajstić information content (AvgIpc) is 2.55. The SMILES string of the molecule is CC[C@H](NS(=O)(=O)c1ccc(OC)c(C)c1C)c1ccccc1C. The maximum atomic E-state index is 12.9. The van der Waals surface area contributed by atoms with Crippen molar-refractivity contribution in [2.24, 2.45) is 0 Å². The van der Waals surface area contributed by atoms with Gasteiger partial charge < -0.3 is 4.74 Å². The molecule has 2 aromatic rings. The van der Waals surface area contributed by atoms with Crippen molar-refractivity contribution in [3.05, 3.63) is 58.7 Å². The van der Waals surface area contributed by atoms with Gasteiger partial charge in [0.15, 0.2) is 0 Å². The number of rotatable bonds is 6. The predicted octanol–water partition coefficient (Wildman–Crippen LogP) is 4.05. The minimum absolute atomic E-state index is 0.252. The van der Waals surface area contributed by atoms with Gasteiger partial charge in [0.2, 0.25) is 10.0 Å². The molecular formula is C19H25NO3S. The number of hydrogen-bond donors (Lipinski definition) is 1. The third kappa shape index (κ3) is 3.62. The summed E-state index contributed by atoms with van der Waals surface area (Å²) in [6.07, 6.45) is 0.679. The smallest absolute Gasteiger partial charge is 0.241 e. The Morgan fingerprint density at radius 3 is 2.29 bits per heavy atom. The zero-order valence-corrected chi connectivity index (χ0v) is 15.7. The lowest BCUT2D eigenvalue weighted by molar-refractivity contribution is 0.410. The number of ether oxygens (including phenoxy) is 1. The van der Waals surface area contributed by atoms with Gasteiger partial charge >= 0.3 is 0 Å². The predicted molar refractivity (Wildman–Crippen MR) is 97.0 cm³/mol. The van der Waals surface area contributed by atoms with Crippen LogP contribution in [0.4, 0.5) is 0 Å². The van der Waals surface area contributed by atoms with Crippen molar-refractivity contribution in [3.8, 4) is 5.75 Å². The lowest BCUT2D eigenvalue weighted by Crippen LogP contribution is -2.29. The summed E-state index contributed by atoms with van der Waals surface area (Å²) in [5.74, 6) is 0.692. The number of methoxy groups -OCH3 is 1. The maximum absolute atomic E-state index is 12.9. The Labute approximate surface area is 144 Å². The van der Waals surface area contributed by atoms with Crippen molar-refractivity contribution in [2.45, 2.75) is 45.1 Å². The molecule has 0 aliphatic heterocycles. The molecule has 0 fully saturated rings. The van der Waals surface area contributed by atoms with Crippen LogP contribution in [0.5, 0.6) is 5.75 Å². The van der Waals surface area contributed by atoms with Crippen LogP contribution in [0, 0.1) is 20.8 Å². The van der Waals surface area contributed by atoms with E-state index in [1.54, 1.807) is 26.2 Å². The molecule has 0 spiro atoms. The third-order valence-electron chi connectivity index (χ3n) is 4.47. The van der Waals surface area contributed by atoms with E-state index in [2.05, 4.69) is 4.72 Å². The molecule has 4 nitrogen and oxygen atoms in total. The lowest BCUT2D eigenvalue weighted by Gasteiger charge is -2.21. The molecule has 1 atom stereocenters. The molecule has 0 heterocycles. The molecule has 24 heavy (non-hydrogen) atoms. The van der Waals surface area contributed by atoms with E-state index in [-0.39, 0.29) is 6.04 Å². The molecule has 0 saturated carbocycles. The van der Waals surface area contributed by atoms with Gasteiger partial charge in [-0.15, -0.1) is 0 Å². The van der Waals surface area contributed by atoms with Crippen LogP contribution in [0.1, 0.15) is 41.6 Å². The van der Waals surface area contributed by atoms with E-state index in [4.69, 9.17) is 4.74 Å². The number of hydrogen-bond acceptors (Lipinski definition) is 3. The van der Waals surface area contributed by atoms with Crippen LogP contribution in [0.2, 0.25) is 0 Å². The molecule has 130 valence electrons. The highest BCUT2D eigenvalue weighted by atomic mass is 32.2. The van der Waals surface area contributed by atoms with Crippen LogP contribution in [0.25, 0.3) is 0 Å². The third-order valence-corrected chi connectivity index (χ3v) is 6.08. The van der Waals surface area contributed by atoms with Crippen molar-refractivity contribution in [1.82, 2.24) is 4.72 Å². The molecule has 0 unspecified atom stereocenters. The van der Waals surface area contributed by atoms with Crippen molar-refractivity contribution in [1.29, 1.82) is 0 Å². The maximum Gasteiger partial charge on any atom is 0.241 e. The Morgan fingerprint density at radius 1 is 1.04 bits per heavy atom. The molecule has 5 heteroatoms. The topological polar surface area (TPSA) is 55.4 Å². The number of benzene rings is 2. The molecule has 0 radical (unpaired) electrons. The van der Waals surface area contributed by atoms with Crippen LogP contribution in [0.15, 0.2) is 41.3 Å². The normalized spacial score (nSPS) is 12.9. The zero-order chi connectivity index (χ0) is 17.9. The molecule has 0 aromatic heterocycles. The molecule has 0 aliphatic rings. The first-order valence-corrected chi connectivity index (χ1v) is 9.52. The van der Waals surface area contributed by atoms with Gasteiger partial charge in [0.05, 0.1) is 12.0 Å². The van der Waals surface area contributed by atoms with Gasteiger partial charge in [-0.3, -0.25) is 0 Å². The second kappa shape index (κ2) is 7.36. The summed E-state index contributed by atoms with van der Waals surface area (Å²) in [5.41, 5.74) is 3.63. The van der Waals surface area contributed by atoms with Crippen molar-refractivity contribution < 1.29 is 13.2 Å². The summed E-state index contributed by atoms with van der Waals surface area (Å²) in [5, 5.41) is 0. The molecule has 2 rings (SSSR count). The van der Waals surface area contributed by atoms with Crippen LogP contribution in [-0.4, -0.2) is 15.5 Å². The van der Waals surface area contributed by atoms with Gasteiger partial charge in [-0.2, -0.15) is 0 Å². The van der Waals surface area contributed by atoms with E-state index in [1.807, 2.05) is 45.0 Å². The second-order valence-electron chi connectivity index (χ2n) is 5.95. The van der Waals surface area contributed by atoms with Crippen molar-refractivity contribution in [2.75, 3.05) is 7.11 Å². The van der Waals surface area contributed by atoms with Gasteiger partial charge in [0, 0.05) is 6.04 Å². The standard InChI is InChI=1S/C19H25NO3S/c1-6-17(16-10-8-7-9-13(16)2)20-24(21,22)19-12-11-18(23-5)14(3)15(19)4/h7-12,17,20H,6H2,1-5H3/t17-/m0/s1. The highest BCUT2D eigenvalue weighted by Crippen LogP contribution is 2.29. The largest absolute Gasteiger partial charge is 0.496 e. The van der Waals surface area contributed by atoms with E-state index in [0.29, 0.717) is 22.6 Å². The highest BCUT2D eigenvalue weighted by molar-refractivity contribution is 7.89. The minimum atomic E-state index is -3.62. The quantitative estimate of drug-likeness (QED) is 0.858. The molecule has 0 bridgehead atoms. The van der Waals surface area contributed by atoms with E-state index in [1.165, 1.54) is 0 Å². The van der Waals surface area contributed by atoms with Crippen molar-refractivity contribution >= 4 is 10.0 Å². The van der Waals surface area contributed by atoms with E-state index < -0.39 is 10.0 Å². The summed E-state index contributed by atoms with van der Waals surface area (Å²) in [6, 6.07) is 10.9. The van der Waals surface area contributed by atoms with Gasteiger partial charge in [-0.1, -0.05) is 31.2 Å². The molecule has 0 amide bonds. The fourth-order valence-corrected chi connectivity index (χ4v) is 4.48. The van der Waals surface area contributed by atoms with E-state index >= 15 is 0 Å². The van der Waals surface area contributed by atoms with Crippen molar-refractivity contribution in [3.63, 3.8) is 0 Å². The first-order valence-electron chi connectivity index (χ1n) is 8.03. The number of aryl methyl sites for hydroxylation is 1. The molecule has 0 aliphatic carbocycles. The Morgan fingerprint density at radius 2 is 1.71 bits per heavy atom. The summed E-state index contributed by atoms with van der Waals surface area (Å²) in [6.45, 7) is 7.65. The Kier molecular flexibility index (Phi) is 5.67. The fourth-order valence-electron chi connectivity index (χ4n) is 2.88. The van der Waals surface area contributed by atoms with Gasteiger partial charge in [0.25, 0.3) is 0 Å². The monoisotopic (exact) mass is 347 g/mol. The van der Waals surface area contributed by atoms with E-state index in [0.717, 1.165) is 16.7 Å². The Balaban J connectivity index is 2.41. The van der Waals surface area contributed by atoms with Gasteiger partial charge in [-0.05, 0) is 61.6 Å². The van der Waals surface area contributed by atoms with Crippen LogP contribution >= 0.6 is 0 Å².